The minimum absolute atomic E-state index is 0.0173. The van der Waals surface area contributed by atoms with Gasteiger partial charge in [-0.3, -0.25) is 4.79 Å². The maximum absolute atomic E-state index is 13.2. The molecule has 0 aliphatic carbocycles. The van der Waals surface area contributed by atoms with Gasteiger partial charge in [-0.25, -0.2) is 4.79 Å². The molecule has 0 radical (unpaired) electrons. The van der Waals surface area contributed by atoms with Crippen molar-refractivity contribution in [1.82, 2.24) is 9.80 Å². The molecule has 5 nitrogen and oxygen atoms in total. The number of benzene rings is 1. The number of nitrogens with zero attached hydrogens (tertiary/aromatic N) is 2. The summed E-state index contributed by atoms with van der Waals surface area (Å²) in [5.41, 5.74) is 0.242. The second-order valence-electron chi connectivity index (χ2n) is 8.50. The van der Waals surface area contributed by atoms with E-state index in [1.165, 1.54) is 0 Å². The molecule has 1 aromatic rings. The molecule has 2 amide bonds. The summed E-state index contributed by atoms with van der Waals surface area (Å²) in [6.45, 7) is 10.9. The second-order valence-corrected chi connectivity index (χ2v) is 9.32. The zero-order valence-corrected chi connectivity index (χ0v) is 18.8. The lowest BCUT2D eigenvalue weighted by molar-refractivity contribution is -0.139. The Hall–Kier alpha value is -1.46. The fourth-order valence-electron chi connectivity index (χ4n) is 3.24. The highest BCUT2D eigenvalue weighted by atomic mass is 35.5. The van der Waals surface area contributed by atoms with Crippen LogP contribution in [0.15, 0.2) is 18.2 Å². The molecule has 0 atom stereocenters. The van der Waals surface area contributed by atoms with Crippen LogP contribution in [-0.2, 0) is 16.1 Å². The van der Waals surface area contributed by atoms with Crippen molar-refractivity contribution in [2.45, 2.75) is 65.6 Å². The Morgan fingerprint density at radius 1 is 1.18 bits per heavy atom. The minimum atomic E-state index is -0.521. The van der Waals surface area contributed by atoms with Crippen molar-refractivity contribution in [1.29, 1.82) is 0 Å². The van der Waals surface area contributed by atoms with E-state index in [0.717, 1.165) is 5.56 Å². The Morgan fingerprint density at radius 3 is 2.18 bits per heavy atom. The molecule has 0 spiro atoms. The molecular formula is C21H30Cl2N2O3. The van der Waals surface area contributed by atoms with E-state index in [4.69, 9.17) is 27.9 Å². The molecule has 1 aliphatic heterocycles. The largest absolute Gasteiger partial charge is 0.444 e. The van der Waals surface area contributed by atoms with E-state index in [0.29, 0.717) is 42.5 Å². The van der Waals surface area contributed by atoms with Gasteiger partial charge in [0.15, 0.2) is 0 Å². The molecule has 0 bridgehead atoms. The summed E-state index contributed by atoms with van der Waals surface area (Å²) in [4.78, 5) is 28.9. The summed E-state index contributed by atoms with van der Waals surface area (Å²) in [5.74, 6) is -0.0443. The van der Waals surface area contributed by atoms with E-state index in [1.807, 2.05) is 39.5 Å². The Labute approximate surface area is 177 Å². The number of likely N-dealkylation sites (tertiary alicyclic amines) is 1. The quantitative estimate of drug-likeness (QED) is 0.646. The fraction of sp³-hybridized carbons (Fsp3) is 0.619. The lowest BCUT2D eigenvalue weighted by atomic mass is 9.94. The van der Waals surface area contributed by atoms with Gasteiger partial charge in [-0.2, -0.15) is 0 Å². The molecule has 0 N–H and O–H groups in total. The van der Waals surface area contributed by atoms with Crippen LogP contribution in [0.4, 0.5) is 4.79 Å². The highest BCUT2D eigenvalue weighted by molar-refractivity contribution is 6.36. The zero-order valence-electron chi connectivity index (χ0n) is 17.3. The van der Waals surface area contributed by atoms with E-state index >= 15 is 0 Å². The van der Waals surface area contributed by atoms with Crippen LogP contribution in [-0.4, -0.2) is 46.5 Å². The molecule has 0 aromatic heterocycles. The number of halogens is 2. The van der Waals surface area contributed by atoms with E-state index in [2.05, 4.69) is 0 Å². The van der Waals surface area contributed by atoms with Crippen molar-refractivity contribution in [2.24, 2.45) is 5.92 Å². The standard InChI is InChI=1S/C21H30Cl2N2O3/c1-14(2)25(13-16-17(22)7-6-8-18(16)23)19(26)15-9-11-24(12-10-15)20(27)28-21(3,4)5/h6-8,14-15H,9-13H2,1-5H3. The summed E-state index contributed by atoms with van der Waals surface area (Å²) < 4.78 is 5.43. The third kappa shape index (κ3) is 6.02. The van der Waals surface area contributed by atoms with Crippen molar-refractivity contribution in [3.05, 3.63) is 33.8 Å². The van der Waals surface area contributed by atoms with Crippen LogP contribution in [0.1, 0.15) is 53.0 Å². The van der Waals surface area contributed by atoms with Gasteiger partial charge in [0.1, 0.15) is 5.60 Å². The Kier molecular flexibility index (Phi) is 7.63. The van der Waals surface area contributed by atoms with Gasteiger partial charge in [-0.1, -0.05) is 29.3 Å². The molecule has 1 aromatic carbocycles. The molecule has 156 valence electrons. The highest BCUT2D eigenvalue weighted by Crippen LogP contribution is 2.29. The van der Waals surface area contributed by atoms with Gasteiger partial charge in [0.25, 0.3) is 0 Å². The number of hydrogen-bond donors (Lipinski definition) is 0. The van der Waals surface area contributed by atoms with Gasteiger partial charge < -0.3 is 14.5 Å². The first kappa shape index (κ1) is 22.8. The normalized spacial score (nSPS) is 15.6. The average molecular weight is 429 g/mol. The van der Waals surface area contributed by atoms with Crippen molar-refractivity contribution in [2.75, 3.05) is 13.1 Å². The first-order chi connectivity index (χ1) is 13.0. The Balaban J connectivity index is 2.02. The molecule has 28 heavy (non-hydrogen) atoms. The topological polar surface area (TPSA) is 49.9 Å². The maximum Gasteiger partial charge on any atom is 0.410 e. The van der Waals surface area contributed by atoms with Gasteiger partial charge in [-0.05, 0) is 59.6 Å². The van der Waals surface area contributed by atoms with Crippen LogP contribution in [0.2, 0.25) is 10.0 Å². The van der Waals surface area contributed by atoms with E-state index in [1.54, 1.807) is 23.1 Å². The molecule has 1 fully saturated rings. The first-order valence-electron chi connectivity index (χ1n) is 9.71. The Morgan fingerprint density at radius 2 is 1.71 bits per heavy atom. The summed E-state index contributed by atoms with van der Waals surface area (Å²) in [6, 6.07) is 5.38. The third-order valence-corrected chi connectivity index (χ3v) is 5.50. The summed E-state index contributed by atoms with van der Waals surface area (Å²) in [6.07, 6.45) is 0.928. The number of hydrogen-bond acceptors (Lipinski definition) is 3. The lowest BCUT2D eigenvalue weighted by Gasteiger charge is -2.36. The molecule has 7 heteroatoms. The van der Waals surface area contributed by atoms with Crippen LogP contribution < -0.4 is 0 Å². The van der Waals surface area contributed by atoms with Gasteiger partial charge in [-0.15, -0.1) is 0 Å². The van der Waals surface area contributed by atoms with Crippen molar-refractivity contribution in [3.63, 3.8) is 0 Å². The summed E-state index contributed by atoms with van der Waals surface area (Å²) >= 11 is 12.6. The molecular weight excluding hydrogens is 399 g/mol. The predicted molar refractivity (Wildman–Crippen MR) is 113 cm³/mol. The first-order valence-corrected chi connectivity index (χ1v) is 10.5. The Bertz CT molecular complexity index is 688. The van der Waals surface area contributed by atoms with Crippen molar-refractivity contribution < 1.29 is 14.3 Å². The van der Waals surface area contributed by atoms with Crippen molar-refractivity contribution in [3.8, 4) is 0 Å². The number of amides is 2. The molecule has 0 saturated carbocycles. The average Bonchev–Trinajstić information content (AvgIpc) is 2.59. The predicted octanol–water partition coefficient (Wildman–Crippen LogP) is 5.38. The minimum Gasteiger partial charge on any atom is -0.444 e. The monoisotopic (exact) mass is 428 g/mol. The van der Waals surface area contributed by atoms with Crippen LogP contribution >= 0.6 is 23.2 Å². The molecule has 1 saturated heterocycles. The third-order valence-electron chi connectivity index (χ3n) is 4.79. The molecule has 2 rings (SSSR count). The van der Waals surface area contributed by atoms with Crippen molar-refractivity contribution >= 4 is 35.2 Å². The smallest absolute Gasteiger partial charge is 0.410 e. The van der Waals surface area contributed by atoms with Crippen LogP contribution in [0.25, 0.3) is 0 Å². The van der Waals surface area contributed by atoms with Gasteiger partial charge in [0, 0.05) is 47.2 Å². The molecule has 0 unspecified atom stereocenters. The van der Waals surface area contributed by atoms with E-state index in [-0.39, 0.29) is 24.0 Å². The fourth-order valence-corrected chi connectivity index (χ4v) is 3.76. The van der Waals surface area contributed by atoms with Gasteiger partial charge in [0.05, 0.1) is 0 Å². The van der Waals surface area contributed by atoms with Gasteiger partial charge in [0.2, 0.25) is 5.91 Å². The number of carbonyl (C=O) groups excluding carboxylic acids is 2. The number of piperidine rings is 1. The van der Waals surface area contributed by atoms with E-state index in [9.17, 15) is 9.59 Å². The SMILES string of the molecule is CC(C)N(Cc1c(Cl)cccc1Cl)C(=O)C1CCN(C(=O)OC(C)(C)C)CC1. The lowest BCUT2D eigenvalue weighted by Crippen LogP contribution is -2.47. The van der Waals surface area contributed by atoms with Gasteiger partial charge >= 0.3 is 6.09 Å². The molecule has 1 aliphatic rings. The number of carbonyl (C=O) groups is 2. The summed E-state index contributed by atoms with van der Waals surface area (Å²) in [5, 5.41) is 1.12. The highest BCUT2D eigenvalue weighted by Gasteiger charge is 2.33. The number of rotatable bonds is 4. The zero-order chi connectivity index (χ0) is 21.1. The number of ether oxygens (including phenoxy) is 1. The molecule has 1 heterocycles. The second kappa shape index (κ2) is 9.36. The van der Waals surface area contributed by atoms with Crippen LogP contribution in [0.5, 0.6) is 0 Å². The van der Waals surface area contributed by atoms with Crippen LogP contribution in [0, 0.1) is 5.92 Å². The summed E-state index contributed by atoms with van der Waals surface area (Å²) in [7, 11) is 0. The van der Waals surface area contributed by atoms with Crippen LogP contribution in [0.3, 0.4) is 0 Å². The van der Waals surface area contributed by atoms with E-state index < -0.39 is 5.60 Å². The maximum atomic E-state index is 13.2.